The first-order chi connectivity index (χ1) is 10.7. The Labute approximate surface area is 152 Å². The van der Waals surface area contributed by atoms with Crippen molar-refractivity contribution in [2.24, 2.45) is 0 Å². The highest BCUT2D eigenvalue weighted by molar-refractivity contribution is 9.10. The van der Waals surface area contributed by atoms with Crippen molar-refractivity contribution in [1.29, 1.82) is 0 Å². The van der Waals surface area contributed by atoms with Gasteiger partial charge in [-0.15, -0.1) is 12.4 Å². The van der Waals surface area contributed by atoms with Crippen LogP contribution in [0.3, 0.4) is 0 Å². The third-order valence-corrected chi connectivity index (χ3v) is 5.30. The van der Waals surface area contributed by atoms with Gasteiger partial charge in [-0.1, -0.05) is 34.5 Å². The zero-order chi connectivity index (χ0) is 15.4. The van der Waals surface area contributed by atoms with Crippen molar-refractivity contribution < 1.29 is 9.53 Å². The largest absolute Gasteiger partial charge is 0.378 e. The quantitative estimate of drug-likeness (QED) is 0.795. The van der Waals surface area contributed by atoms with Crippen LogP contribution in [0.5, 0.6) is 0 Å². The molecular formula is C17H24BrClN2O2. The molecule has 2 aliphatic rings. The second-order valence-electron chi connectivity index (χ2n) is 6.35. The maximum atomic E-state index is 12.2. The highest BCUT2D eigenvalue weighted by atomic mass is 79.9. The fourth-order valence-electron chi connectivity index (χ4n) is 3.30. The molecule has 1 atom stereocenters. The molecule has 1 heterocycles. The minimum Gasteiger partial charge on any atom is -0.378 e. The molecule has 23 heavy (non-hydrogen) atoms. The van der Waals surface area contributed by atoms with E-state index in [-0.39, 0.29) is 29.8 Å². The highest BCUT2D eigenvalue weighted by Crippen LogP contribution is 2.43. The second kappa shape index (κ2) is 8.47. The first-order valence-corrected chi connectivity index (χ1v) is 8.81. The molecule has 1 saturated carbocycles. The van der Waals surface area contributed by atoms with Crippen molar-refractivity contribution in [3.63, 3.8) is 0 Å². The predicted molar refractivity (Wildman–Crippen MR) is 97.2 cm³/mol. The summed E-state index contributed by atoms with van der Waals surface area (Å²) >= 11 is 3.54. The predicted octanol–water partition coefficient (Wildman–Crippen LogP) is 2.79. The summed E-state index contributed by atoms with van der Waals surface area (Å²) in [6.45, 7) is 2.93. The van der Waals surface area contributed by atoms with Crippen LogP contribution in [0.2, 0.25) is 0 Å². The first-order valence-electron chi connectivity index (χ1n) is 8.02. The number of rotatable bonds is 5. The van der Waals surface area contributed by atoms with Crippen LogP contribution in [0.1, 0.15) is 31.2 Å². The number of morpholine rings is 1. The summed E-state index contributed by atoms with van der Waals surface area (Å²) in [5.41, 5.74) is 1.45. The van der Waals surface area contributed by atoms with Crippen LogP contribution in [0.15, 0.2) is 28.7 Å². The number of ether oxygens (including phenoxy) is 1. The molecular weight excluding hydrogens is 380 g/mol. The Kier molecular flexibility index (Phi) is 6.89. The Morgan fingerprint density at radius 1 is 1.43 bits per heavy atom. The van der Waals surface area contributed by atoms with Gasteiger partial charge in [-0.25, -0.2) is 0 Å². The van der Waals surface area contributed by atoms with E-state index in [0.29, 0.717) is 13.0 Å². The Morgan fingerprint density at radius 2 is 2.26 bits per heavy atom. The second-order valence-corrected chi connectivity index (χ2v) is 7.27. The standard InChI is InChI=1S/C17H23BrN2O2.ClH/c18-14-4-1-3-13(9-14)17(5-2-6-17)12-20-16(21)10-15-11-22-8-7-19-15;/h1,3-4,9,15,19H,2,5-8,10-12H2,(H,20,21);1H. The average molecular weight is 404 g/mol. The topological polar surface area (TPSA) is 50.4 Å². The van der Waals surface area contributed by atoms with Gasteiger partial charge in [0.15, 0.2) is 0 Å². The number of carbonyl (C=O) groups excluding carboxylic acids is 1. The number of nitrogens with one attached hydrogen (secondary N) is 2. The first kappa shape index (κ1) is 18.7. The third kappa shape index (κ3) is 4.69. The molecule has 0 bridgehead atoms. The lowest BCUT2D eigenvalue weighted by atomic mass is 9.64. The van der Waals surface area contributed by atoms with Gasteiger partial charge in [0.2, 0.25) is 5.91 Å². The van der Waals surface area contributed by atoms with E-state index >= 15 is 0 Å². The molecule has 128 valence electrons. The summed E-state index contributed by atoms with van der Waals surface area (Å²) < 4.78 is 6.50. The SMILES string of the molecule is Cl.O=C(CC1COCCN1)NCC1(c2cccc(Br)c2)CCC1. The van der Waals surface area contributed by atoms with Gasteiger partial charge in [-0.3, -0.25) is 4.79 Å². The zero-order valence-electron chi connectivity index (χ0n) is 13.1. The lowest BCUT2D eigenvalue weighted by Gasteiger charge is -2.42. The van der Waals surface area contributed by atoms with Crippen LogP contribution >= 0.6 is 28.3 Å². The maximum Gasteiger partial charge on any atom is 0.221 e. The molecule has 3 rings (SSSR count). The third-order valence-electron chi connectivity index (χ3n) is 4.80. The fourth-order valence-corrected chi connectivity index (χ4v) is 3.70. The normalized spacial score (nSPS) is 22.6. The highest BCUT2D eigenvalue weighted by Gasteiger charge is 2.39. The minimum absolute atomic E-state index is 0. The van der Waals surface area contributed by atoms with E-state index in [4.69, 9.17) is 4.74 Å². The molecule has 1 aromatic rings. The van der Waals surface area contributed by atoms with Crippen LogP contribution in [-0.2, 0) is 14.9 Å². The smallest absolute Gasteiger partial charge is 0.221 e. The molecule has 2 N–H and O–H groups in total. The van der Waals surface area contributed by atoms with E-state index in [9.17, 15) is 4.79 Å². The van der Waals surface area contributed by atoms with E-state index in [1.54, 1.807) is 0 Å². The number of carbonyl (C=O) groups is 1. The Morgan fingerprint density at radius 3 is 2.87 bits per heavy atom. The Bertz CT molecular complexity index is 531. The number of hydrogen-bond acceptors (Lipinski definition) is 3. The molecule has 0 radical (unpaired) electrons. The van der Waals surface area contributed by atoms with Crippen molar-refractivity contribution in [2.75, 3.05) is 26.3 Å². The molecule has 6 heteroatoms. The van der Waals surface area contributed by atoms with Crippen molar-refractivity contribution in [1.82, 2.24) is 10.6 Å². The summed E-state index contributed by atoms with van der Waals surface area (Å²) in [5, 5.41) is 6.46. The Hall–Kier alpha value is -0.620. The monoisotopic (exact) mass is 402 g/mol. The van der Waals surface area contributed by atoms with Crippen molar-refractivity contribution in [3.8, 4) is 0 Å². The van der Waals surface area contributed by atoms with Gasteiger partial charge in [0.1, 0.15) is 0 Å². The molecule has 1 aromatic carbocycles. The van der Waals surface area contributed by atoms with Crippen LogP contribution in [-0.4, -0.2) is 38.3 Å². The lowest BCUT2D eigenvalue weighted by molar-refractivity contribution is -0.122. The van der Waals surface area contributed by atoms with Gasteiger partial charge in [0, 0.05) is 35.4 Å². The molecule has 1 unspecified atom stereocenters. The van der Waals surface area contributed by atoms with Gasteiger partial charge in [-0.05, 0) is 30.5 Å². The fraction of sp³-hybridized carbons (Fsp3) is 0.588. The lowest BCUT2D eigenvalue weighted by Crippen LogP contribution is -2.48. The molecule has 0 aromatic heterocycles. The average Bonchev–Trinajstić information content (AvgIpc) is 2.47. The van der Waals surface area contributed by atoms with Crippen LogP contribution in [0.4, 0.5) is 0 Å². The minimum atomic E-state index is 0. The van der Waals surface area contributed by atoms with E-state index in [2.05, 4.69) is 44.8 Å². The molecule has 0 spiro atoms. The summed E-state index contributed by atoms with van der Waals surface area (Å²) in [5.74, 6) is 0.115. The molecule has 1 aliphatic carbocycles. The van der Waals surface area contributed by atoms with Crippen molar-refractivity contribution in [3.05, 3.63) is 34.3 Å². The van der Waals surface area contributed by atoms with Gasteiger partial charge in [0.25, 0.3) is 0 Å². The van der Waals surface area contributed by atoms with Gasteiger partial charge >= 0.3 is 0 Å². The van der Waals surface area contributed by atoms with Crippen LogP contribution < -0.4 is 10.6 Å². The molecule has 1 aliphatic heterocycles. The Balaban J connectivity index is 0.00000192. The molecule has 4 nitrogen and oxygen atoms in total. The zero-order valence-corrected chi connectivity index (χ0v) is 15.5. The van der Waals surface area contributed by atoms with E-state index < -0.39 is 0 Å². The van der Waals surface area contributed by atoms with E-state index in [0.717, 1.165) is 37.0 Å². The van der Waals surface area contributed by atoms with E-state index in [1.165, 1.54) is 12.0 Å². The van der Waals surface area contributed by atoms with Gasteiger partial charge in [0.05, 0.1) is 13.2 Å². The van der Waals surface area contributed by atoms with Crippen LogP contribution in [0.25, 0.3) is 0 Å². The van der Waals surface area contributed by atoms with Gasteiger partial charge < -0.3 is 15.4 Å². The summed E-state index contributed by atoms with van der Waals surface area (Å²) in [6, 6.07) is 8.62. The van der Waals surface area contributed by atoms with Crippen molar-refractivity contribution >= 4 is 34.2 Å². The number of amides is 1. The maximum absolute atomic E-state index is 12.2. The summed E-state index contributed by atoms with van der Waals surface area (Å²) in [4.78, 5) is 12.2. The summed E-state index contributed by atoms with van der Waals surface area (Å²) in [7, 11) is 0. The van der Waals surface area contributed by atoms with Gasteiger partial charge in [-0.2, -0.15) is 0 Å². The van der Waals surface area contributed by atoms with E-state index in [1.807, 2.05) is 6.07 Å². The van der Waals surface area contributed by atoms with Crippen molar-refractivity contribution in [2.45, 2.75) is 37.1 Å². The number of benzene rings is 1. The molecule has 2 fully saturated rings. The number of halogens is 2. The molecule has 1 amide bonds. The van der Waals surface area contributed by atoms with Crippen LogP contribution in [0, 0.1) is 0 Å². The molecule has 1 saturated heterocycles. The summed E-state index contributed by atoms with van der Waals surface area (Å²) in [6.07, 6.45) is 4.03. The number of hydrogen-bond donors (Lipinski definition) is 2.